The first-order chi connectivity index (χ1) is 43.0. The fourth-order valence-corrected chi connectivity index (χ4v) is 15.4. The van der Waals surface area contributed by atoms with Gasteiger partial charge in [0.25, 0.3) is 0 Å². The Hall–Kier alpha value is -4.38. The van der Waals surface area contributed by atoms with E-state index in [0.717, 1.165) is 63.9 Å². The van der Waals surface area contributed by atoms with E-state index in [1.807, 2.05) is 24.3 Å². The van der Waals surface area contributed by atoms with E-state index in [1.54, 1.807) is 26.0 Å². The Morgan fingerprint density at radius 2 is 1.14 bits per heavy atom. The van der Waals surface area contributed by atoms with Crippen molar-refractivity contribution < 1.29 is 90.8 Å². The molecule has 2 spiro atoms. The summed E-state index contributed by atoms with van der Waals surface area (Å²) in [5, 5.41) is 48.1. The summed E-state index contributed by atoms with van der Waals surface area (Å²) in [6, 6.07) is 0. The van der Waals surface area contributed by atoms with Crippen molar-refractivity contribution in [3.63, 3.8) is 0 Å². The summed E-state index contributed by atoms with van der Waals surface area (Å²) in [5.41, 5.74) is 1.57. The third kappa shape index (κ3) is 16.8. The molecular weight excluding hydrogens is 1190 g/mol. The van der Waals surface area contributed by atoms with Gasteiger partial charge in [0.05, 0.1) is 37.6 Å². The molecule has 0 aromatic carbocycles. The van der Waals surface area contributed by atoms with Gasteiger partial charge in [-0.1, -0.05) is 107 Å². The molecule has 10 rings (SSSR count). The molecule has 0 saturated carbocycles. The van der Waals surface area contributed by atoms with Crippen molar-refractivity contribution in [1.82, 2.24) is 5.32 Å². The van der Waals surface area contributed by atoms with Crippen molar-refractivity contribution in [2.45, 2.75) is 243 Å². The molecule has 8 aliphatic heterocycles. The molecule has 1 amide bonds. The van der Waals surface area contributed by atoms with Crippen LogP contribution in [0.15, 0.2) is 106 Å². The summed E-state index contributed by atoms with van der Waals surface area (Å²) in [6.45, 7) is 22.5. The molecule has 508 valence electrons. The number of hydrogen-bond acceptors (Lipinski definition) is 19. The van der Waals surface area contributed by atoms with E-state index in [9.17, 15) is 39.4 Å². The lowest BCUT2D eigenvalue weighted by Crippen LogP contribution is -2.58. The lowest BCUT2D eigenvalue weighted by Gasteiger charge is -2.50. The van der Waals surface area contributed by atoms with Gasteiger partial charge >= 0.3 is 19.8 Å². The average molecular weight is 1290 g/mol. The van der Waals surface area contributed by atoms with Crippen LogP contribution in [-0.2, 0) is 70.4 Å². The van der Waals surface area contributed by atoms with Gasteiger partial charge in [-0.15, -0.1) is 0 Å². The van der Waals surface area contributed by atoms with Gasteiger partial charge in [0.2, 0.25) is 5.91 Å². The second-order valence-electron chi connectivity index (χ2n) is 27.4. The lowest BCUT2D eigenvalue weighted by molar-refractivity contribution is -0.335. The SMILES string of the molecule is CC1=C[C@H]2C(=O)O[C@H]3C[C@@H](C/C=C(\C)C[C@@H](C)/C=C/C=C4\CO[C@H]([C@@H]1O)[C@@]42O)O[C@@]1(CC[C@H](C)[C@@H](C)O1)C3.CC[C@H]1O[C@]2(CC[C@@H]1C)C[C@@H]1C[C@@H](C/C=C(\C)C[C@@H](C)/C=C/C=C3\CO[C@@H]4[C@H](O)C(C)=C[C@@H](C(=O)O1)[C@]34O)O2.CNC(=O)/C=C(\C)OP(=O)(OC)OC. The van der Waals surface area contributed by atoms with Crippen LogP contribution < -0.4 is 5.32 Å². The highest BCUT2D eigenvalue weighted by Gasteiger charge is 2.62. The zero-order valence-corrected chi connectivity index (χ0v) is 56.9. The Labute approximate surface area is 539 Å². The first-order valence-electron chi connectivity index (χ1n) is 32.9. The molecule has 6 saturated heterocycles. The van der Waals surface area contributed by atoms with Crippen LogP contribution in [0, 0.1) is 35.5 Å². The summed E-state index contributed by atoms with van der Waals surface area (Å²) < 4.78 is 75.9. The normalized spacial score (nSPS) is 43.5. The first-order valence-corrected chi connectivity index (χ1v) is 34.4. The predicted molar refractivity (Wildman–Crippen MR) is 341 cm³/mol. The second kappa shape index (κ2) is 30.6. The summed E-state index contributed by atoms with van der Waals surface area (Å²) in [6.07, 6.45) is 25.7. The minimum Gasteiger partial charge on any atom is -0.462 e. The van der Waals surface area contributed by atoms with E-state index in [-0.39, 0.29) is 49.3 Å². The number of ether oxygens (including phenoxy) is 8. The standard InChI is InChI=1S/C32H46O7.C31H44O7.C7H14NO5P/c1-6-27-21(4)12-13-31(39-27)17-25-16-24(38-31)11-10-20(3)14-19(2)8-7-9-23-18-36-29-28(33)22(5)15-26(30(34)37-25)32(23,29)35;1-18-7-6-8-23-17-35-28-27(32)21(4)14-26(31(23,28)34)29(33)36-25-15-24(10-9-19(2)13-18)38-30(16-25)12-11-20(3)22(5)37-30;1-6(5-7(9)8-2)13-14(10,11-3)12-4/h7-10,15,19,21,24-29,33,35H,6,11-14,16-18H2,1-5H3;6-9,14,18,20,22,24-28,32,34H,10-13,15-17H2,1-5H3;5H,1-4H3,(H,8,9)/b8-7+,20-10+,23-9+;7-6+,19-9+,23-8+;6-5+/t19-,21-,24+,25-,26-,27+,28+,29+,31+,32+;18-,20-,22+,24+,25-,26-,27+,28+,30-,31+;/m00./s1. The molecule has 6 fully saturated rings. The summed E-state index contributed by atoms with van der Waals surface area (Å²) in [7, 11) is 0.302. The van der Waals surface area contributed by atoms with Crippen LogP contribution in [0.5, 0.6) is 0 Å². The Morgan fingerprint density at radius 3 is 1.57 bits per heavy atom. The van der Waals surface area contributed by atoms with E-state index >= 15 is 0 Å². The van der Waals surface area contributed by atoms with Crippen molar-refractivity contribution >= 4 is 25.7 Å². The van der Waals surface area contributed by atoms with Crippen LogP contribution in [0.1, 0.15) is 160 Å². The number of nitrogens with one attached hydrogen (secondary N) is 1. The van der Waals surface area contributed by atoms with E-state index < -0.39 is 91.0 Å². The minimum absolute atomic E-state index is 0.0526. The van der Waals surface area contributed by atoms with Crippen LogP contribution in [-0.4, -0.2) is 157 Å². The number of hydrogen-bond donors (Lipinski definition) is 5. The quantitative estimate of drug-likeness (QED) is 0.0544. The number of esters is 2. The maximum absolute atomic E-state index is 13.9. The molecule has 0 aromatic rings. The van der Waals surface area contributed by atoms with Crippen LogP contribution in [0.2, 0.25) is 0 Å². The molecule has 20 atom stereocenters. The largest absolute Gasteiger partial charge is 0.529 e. The zero-order chi connectivity index (χ0) is 66.4. The summed E-state index contributed by atoms with van der Waals surface area (Å²) in [5.74, 6) is -3.26. The average Bonchev–Trinajstić information content (AvgIpc) is 1.66. The molecule has 5 N–H and O–H groups in total. The van der Waals surface area contributed by atoms with Crippen molar-refractivity contribution in [1.29, 1.82) is 0 Å². The summed E-state index contributed by atoms with van der Waals surface area (Å²) >= 11 is 0. The van der Waals surface area contributed by atoms with E-state index in [2.05, 4.69) is 94.1 Å². The molecule has 4 bridgehead atoms. The summed E-state index contributed by atoms with van der Waals surface area (Å²) in [4.78, 5) is 38.5. The smallest absolute Gasteiger partial charge is 0.462 e. The van der Waals surface area contributed by atoms with Crippen molar-refractivity contribution in [3.8, 4) is 0 Å². The lowest BCUT2D eigenvalue weighted by atomic mass is 9.71. The zero-order valence-electron chi connectivity index (χ0n) is 56.1. The van der Waals surface area contributed by atoms with Crippen molar-refractivity contribution in [2.24, 2.45) is 35.5 Å². The van der Waals surface area contributed by atoms with Gasteiger partial charge in [0, 0.05) is 65.9 Å². The highest BCUT2D eigenvalue weighted by atomic mass is 31.2. The molecule has 8 heterocycles. The number of likely N-dealkylation sites (N-methyl/N-ethyl adjacent to an activating group) is 1. The minimum atomic E-state index is -3.55. The van der Waals surface area contributed by atoms with Gasteiger partial charge in [-0.05, 0) is 132 Å². The Bertz CT molecular complexity index is 2940. The molecule has 0 radical (unpaired) electrons. The molecule has 2 aliphatic carbocycles. The van der Waals surface area contributed by atoms with Crippen LogP contribution in [0.3, 0.4) is 0 Å². The van der Waals surface area contributed by atoms with Crippen LogP contribution in [0.25, 0.3) is 0 Å². The molecule has 0 unspecified atom stereocenters. The Balaban J connectivity index is 0.000000195. The maximum atomic E-state index is 13.9. The van der Waals surface area contributed by atoms with Gasteiger partial charge in [0.1, 0.15) is 65.4 Å². The van der Waals surface area contributed by atoms with Crippen molar-refractivity contribution in [3.05, 3.63) is 106 Å². The number of carbonyl (C=O) groups excluding carboxylic acids is 3. The number of carbonyl (C=O) groups is 3. The second-order valence-corrected chi connectivity index (χ2v) is 29.2. The number of allylic oxidation sites excluding steroid dienone is 9. The molecule has 20 nitrogen and oxygen atoms in total. The molecule has 0 aromatic heterocycles. The number of amides is 1. The number of phosphoric ester groups is 1. The fraction of sp³-hybridized carbons (Fsp3) is 0.700. The number of fused-ring (bicyclic) bond motifs is 4. The van der Waals surface area contributed by atoms with Gasteiger partial charge in [-0.3, -0.25) is 23.4 Å². The van der Waals surface area contributed by atoms with Gasteiger partial charge in [-0.25, -0.2) is 4.57 Å². The molecular formula is C70H104NO19P. The van der Waals surface area contributed by atoms with E-state index in [1.165, 1.54) is 39.3 Å². The molecule has 10 aliphatic rings. The Morgan fingerprint density at radius 1 is 0.692 bits per heavy atom. The highest BCUT2D eigenvalue weighted by Crippen LogP contribution is 2.51. The number of aliphatic hydroxyl groups is 4. The molecule has 21 heteroatoms. The third-order valence-electron chi connectivity index (χ3n) is 20.1. The third-order valence-corrected chi connectivity index (χ3v) is 21.5. The van der Waals surface area contributed by atoms with Gasteiger partial charge in [0.15, 0.2) is 11.6 Å². The van der Waals surface area contributed by atoms with E-state index in [0.29, 0.717) is 71.6 Å². The van der Waals surface area contributed by atoms with Crippen LogP contribution in [0.4, 0.5) is 0 Å². The molecule has 91 heavy (non-hydrogen) atoms. The first kappa shape index (κ1) is 72.4. The monoisotopic (exact) mass is 1290 g/mol. The number of aliphatic hydroxyl groups excluding tert-OH is 2. The Kier molecular flexibility index (Phi) is 24.3. The number of rotatable bonds is 6. The number of phosphoric acid groups is 1. The fourth-order valence-electron chi connectivity index (χ4n) is 14.7. The maximum Gasteiger partial charge on any atom is 0.529 e. The van der Waals surface area contributed by atoms with Crippen LogP contribution >= 0.6 is 7.82 Å². The highest BCUT2D eigenvalue weighted by molar-refractivity contribution is 7.48. The topological polar surface area (TPSA) is 263 Å². The van der Waals surface area contributed by atoms with E-state index in [4.69, 9.17) is 42.4 Å². The van der Waals surface area contributed by atoms with Gasteiger partial charge < -0.3 is 68.2 Å². The van der Waals surface area contributed by atoms with Gasteiger partial charge in [-0.2, -0.15) is 0 Å². The van der Waals surface area contributed by atoms with Crippen molar-refractivity contribution in [2.75, 3.05) is 34.5 Å². The predicted octanol–water partition coefficient (Wildman–Crippen LogP) is 10.5.